The third kappa shape index (κ3) is 2.95. The molecule has 4 nitrogen and oxygen atoms in total. The number of aliphatic hydroxyl groups excluding tert-OH is 1. The van der Waals surface area contributed by atoms with Crippen LogP contribution < -0.4 is 0 Å². The molecular formula is C15H27NO3. The van der Waals surface area contributed by atoms with Crippen LogP contribution >= 0.6 is 0 Å². The fraction of sp³-hybridized carbons (Fsp3) is 0.933. The minimum atomic E-state index is -0.0536. The van der Waals surface area contributed by atoms with Gasteiger partial charge in [-0.1, -0.05) is 19.8 Å². The first-order valence-corrected chi connectivity index (χ1v) is 7.63. The number of hydrogen-bond donors (Lipinski definition) is 1. The van der Waals surface area contributed by atoms with E-state index in [2.05, 4.69) is 6.92 Å². The van der Waals surface area contributed by atoms with Gasteiger partial charge >= 0.3 is 0 Å². The summed E-state index contributed by atoms with van der Waals surface area (Å²) in [4.78, 5) is 14.7. The number of hydrogen-bond acceptors (Lipinski definition) is 3. The number of rotatable bonds is 2. The van der Waals surface area contributed by atoms with Crippen LogP contribution in [0.1, 0.15) is 46.5 Å². The van der Waals surface area contributed by atoms with Crippen molar-refractivity contribution >= 4 is 5.91 Å². The molecule has 0 radical (unpaired) electrons. The van der Waals surface area contributed by atoms with Gasteiger partial charge in [0.2, 0.25) is 5.91 Å². The van der Waals surface area contributed by atoms with E-state index in [4.69, 9.17) is 4.74 Å². The van der Waals surface area contributed by atoms with E-state index in [-0.39, 0.29) is 42.6 Å². The molecule has 0 spiro atoms. The maximum absolute atomic E-state index is 12.8. The first kappa shape index (κ1) is 14.8. The van der Waals surface area contributed by atoms with Crippen molar-refractivity contribution in [1.29, 1.82) is 0 Å². The fourth-order valence-corrected chi connectivity index (χ4v) is 3.54. The molecule has 0 bridgehead atoms. The second-order valence-electron chi connectivity index (χ2n) is 6.15. The lowest BCUT2D eigenvalue weighted by atomic mass is 9.88. The highest BCUT2D eigenvalue weighted by atomic mass is 16.5. The van der Waals surface area contributed by atoms with Crippen LogP contribution in [0, 0.1) is 11.8 Å². The third-order valence-corrected chi connectivity index (χ3v) is 4.90. The van der Waals surface area contributed by atoms with Gasteiger partial charge in [0.25, 0.3) is 0 Å². The molecule has 2 aliphatic heterocycles. The molecule has 0 aromatic rings. The number of ether oxygens (including phenoxy) is 1. The first-order chi connectivity index (χ1) is 9.06. The summed E-state index contributed by atoms with van der Waals surface area (Å²) in [5, 5.41) is 9.54. The van der Waals surface area contributed by atoms with Crippen LogP contribution in [0.15, 0.2) is 0 Å². The molecule has 2 saturated heterocycles. The highest BCUT2D eigenvalue weighted by molar-refractivity contribution is 5.80. The Balaban J connectivity index is 2.12. The van der Waals surface area contributed by atoms with Gasteiger partial charge in [0.1, 0.15) is 0 Å². The predicted molar refractivity (Wildman–Crippen MR) is 73.7 cm³/mol. The molecule has 5 atom stereocenters. The Morgan fingerprint density at radius 3 is 2.53 bits per heavy atom. The predicted octanol–water partition coefficient (Wildman–Crippen LogP) is 1.81. The van der Waals surface area contributed by atoms with Gasteiger partial charge < -0.3 is 14.7 Å². The second-order valence-corrected chi connectivity index (χ2v) is 6.15. The van der Waals surface area contributed by atoms with Crippen molar-refractivity contribution in [3.63, 3.8) is 0 Å². The van der Waals surface area contributed by atoms with E-state index in [0.29, 0.717) is 0 Å². The molecule has 0 aliphatic carbocycles. The maximum Gasteiger partial charge on any atom is 0.228 e. The van der Waals surface area contributed by atoms with Gasteiger partial charge in [-0.2, -0.15) is 0 Å². The minimum Gasteiger partial charge on any atom is -0.394 e. The lowest BCUT2D eigenvalue weighted by molar-refractivity contribution is -0.141. The van der Waals surface area contributed by atoms with E-state index in [0.717, 1.165) is 32.2 Å². The maximum atomic E-state index is 12.8. The van der Waals surface area contributed by atoms with Crippen molar-refractivity contribution in [2.75, 3.05) is 13.2 Å². The van der Waals surface area contributed by atoms with E-state index in [1.54, 1.807) is 0 Å². The molecular weight excluding hydrogens is 242 g/mol. The summed E-state index contributed by atoms with van der Waals surface area (Å²) in [5.41, 5.74) is 0. The molecule has 1 N–H and O–H groups in total. The van der Waals surface area contributed by atoms with Crippen molar-refractivity contribution in [3.05, 3.63) is 0 Å². The summed E-state index contributed by atoms with van der Waals surface area (Å²) in [6.07, 6.45) is 4.37. The van der Waals surface area contributed by atoms with Gasteiger partial charge in [0.15, 0.2) is 0 Å². The molecule has 110 valence electrons. The molecule has 0 aromatic heterocycles. The number of amides is 1. The van der Waals surface area contributed by atoms with E-state index in [1.807, 2.05) is 18.7 Å². The van der Waals surface area contributed by atoms with Crippen LogP contribution in [0.2, 0.25) is 0 Å². The largest absolute Gasteiger partial charge is 0.394 e. The van der Waals surface area contributed by atoms with Gasteiger partial charge in [-0.3, -0.25) is 4.79 Å². The van der Waals surface area contributed by atoms with E-state index < -0.39 is 0 Å². The van der Waals surface area contributed by atoms with Crippen LogP contribution in [-0.2, 0) is 9.53 Å². The van der Waals surface area contributed by atoms with Crippen molar-refractivity contribution < 1.29 is 14.6 Å². The normalized spacial score (nSPS) is 40.2. The van der Waals surface area contributed by atoms with Crippen LogP contribution in [0.4, 0.5) is 0 Å². The molecule has 4 heteroatoms. The zero-order valence-corrected chi connectivity index (χ0v) is 12.3. The molecule has 1 amide bonds. The van der Waals surface area contributed by atoms with Crippen LogP contribution in [0.3, 0.4) is 0 Å². The Hall–Kier alpha value is -0.610. The van der Waals surface area contributed by atoms with Gasteiger partial charge in [0, 0.05) is 6.54 Å². The van der Waals surface area contributed by atoms with Crippen molar-refractivity contribution in [3.8, 4) is 0 Å². The van der Waals surface area contributed by atoms with E-state index >= 15 is 0 Å². The Kier molecular flexibility index (Phi) is 4.85. The Bertz CT molecular complexity index is 321. The summed E-state index contributed by atoms with van der Waals surface area (Å²) in [7, 11) is 0. The summed E-state index contributed by atoms with van der Waals surface area (Å²) in [6, 6.07) is 0.00491. The number of nitrogens with zero attached hydrogens (tertiary/aromatic N) is 1. The molecule has 0 saturated carbocycles. The quantitative estimate of drug-likeness (QED) is 0.832. The average Bonchev–Trinajstić information content (AvgIpc) is 2.60. The number of carbonyl (C=O) groups excluding carboxylic acids is 1. The van der Waals surface area contributed by atoms with Crippen LogP contribution in [0.25, 0.3) is 0 Å². The third-order valence-electron chi connectivity index (χ3n) is 4.90. The molecule has 0 aromatic carbocycles. The van der Waals surface area contributed by atoms with Crippen LogP contribution in [0.5, 0.6) is 0 Å². The molecule has 2 rings (SSSR count). The molecule has 2 fully saturated rings. The number of aliphatic hydroxyl groups is 1. The highest BCUT2D eigenvalue weighted by Gasteiger charge is 2.44. The van der Waals surface area contributed by atoms with E-state index in [9.17, 15) is 9.90 Å². The summed E-state index contributed by atoms with van der Waals surface area (Å²) >= 11 is 0. The Morgan fingerprint density at radius 1 is 1.21 bits per heavy atom. The zero-order valence-electron chi connectivity index (χ0n) is 12.3. The number of carbonyl (C=O) groups is 1. The topological polar surface area (TPSA) is 49.8 Å². The average molecular weight is 269 g/mol. The van der Waals surface area contributed by atoms with Crippen LogP contribution in [-0.4, -0.2) is 47.3 Å². The van der Waals surface area contributed by atoms with Gasteiger partial charge in [-0.15, -0.1) is 0 Å². The fourth-order valence-electron chi connectivity index (χ4n) is 3.54. The zero-order chi connectivity index (χ0) is 14.0. The smallest absolute Gasteiger partial charge is 0.228 e. The standard InChI is InChI=1S/C15H27NO3/c1-10-11(2)19-12(3)14(10)15(18)16-8-6-4-5-7-13(16)9-17/h10-14,17H,4-9H2,1-3H3. The monoisotopic (exact) mass is 269 g/mol. The Labute approximate surface area is 116 Å². The van der Waals surface area contributed by atoms with E-state index in [1.165, 1.54) is 0 Å². The molecule has 2 aliphatic rings. The molecule has 19 heavy (non-hydrogen) atoms. The van der Waals surface area contributed by atoms with Crippen molar-refractivity contribution in [1.82, 2.24) is 4.90 Å². The Morgan fingerprint density at radius 2 is 1.95 bits per heavy atom. The summed E-state index contributed by atoms with van der Waals surface area (Å²) < 4.78 is 5.79. The van der Waals surface area contributed by atoms with Gasteiger partial charge in [-0.05, 0) is 32.6 Å². The first-order valence-electron chi connectivity index (χ1n) is 7.63. The second kappa shape index (κ2) is 6.23. The SMILES string of the molecule is CC1OC(C)C(C(=O)N2CCCCCC2CO)C1C. The lowest BCUT2D eigenvalue weighted by Crippen LogP contribution is -2.47. The minimum absolute atomic E-state index is 0.00491. The molecule has 5 unspecified atom stereocenters. The summed E-state index contributed by atoms with van der Waals surface area (Å²) in [6.45, 7) is 7.00. The van der Waals surface area contributed by atoms with Gasteiger partial charge in [0.05, 0.1) is 30.8 Å². The lowest BCUT2D eigenvalue weighted by Gasteiger charge is -2.33. The molecule has 2 heterocycles. The van der Waals surface area contributed by atoms with Gasteiger partial charge in [-0.25, -0.2) is 0 Å². The van der Waals surface area contributed by atoms with Crippen molar-refractivity contribution in [2.24, 2.45) is 11.8 Å². The summed E-state index contributed by atoms with van der Waals surface area (Å²) in [5.74, 6) is 0.387. The van der Waals surface area contributed by atoms with Crippen molar-refractivity contribution in [2.45, 2.75) is 64.7 Å². The number of likely N-dealkylation sites (tertiary alicyclic amines) is 1. The highest BCUT2D eigenvalue weighted by Crippen LogP contribution is 2.34.